The molecule has 0 aliphatic carbocycles. The largest absolute Gasteiger partial charge is 0.370 e. The number of nitrogens with two attached hydrogens (primary N) is 1. The van der Waals surface area contributed by atoms with Crippen molar-refractivity contribution in [3.63, 3.8) is 0 Å². The van der Waals surface area contributed by atoms with Gasteiger partial charge in [-0.3, -0.25) is 0 Å². The topological polar surface area (TPSA) is 74.2 Å². The van der Waals surface area contributed by atoms with E-state index in [4.69, 9.17) is 15.0 Å². The van der Waals surface area contributed by atoms with E-state index in [1.807, 2.05) is 20.8 Å². The minimum Gasteiger partial charge on any atom is -0.370 e. The zero-order chi connectivity index (χ0) is 14.0. The third-order valence-electron chi connectivity index (χ3n) is 2.89. The van der Waals surface area contributed by atoms with Crippen LogP contribution in [0.3, 0.4) is 0 Å². The van der Waals surface area contributed by atoms with Crippen LogP contribution in [0.1, 0.15) is 59.4 Å². The van der Waals surface area contributed by atoms with Gasteiger partial charge >= 0.3 is 0 Å². The first-order valence-corrected chi connectivity index (χ1v) is 6.38. The summed E-state index contributed by atoms with van der Waals surface area (Å²) >= 11 is 0. The molecule has 5 nitrogen and oxygen atoms in total. The minimum atomic E-state index is -0.306. The zero-order valence-corrected chi connectivity index (χ0v) is 12.3. The lowest BCUT2D eigenvalue weighted by Crippen LogP contribution is -2.29. The van der Waals surface area contributed by atoms with E-state index in [-0.39, 0.29) is 16.9 Å². The summed E-state index contributed by atoms with van der Waals surface area (Å²) in [5, 5.41) is 4.05. The molecule has 2 N–H and O–H groups in total. The van der Waals surface area contributed by atoms with Crippen molar-refractivity contribution in [1.29, 1.82) is 0 Å². The molecule has 0 bridgehead atoms. The maximum absolute atomic E-state index is 5.74. The minimum absolute atomic E-state index is 0.0794. The highest BCUT2D eigenvalue weighted by molar-refractivity contribution is 5.04. The molecule has 104 valence electrons. The molecule has 0 saturated carbocycles. The molecule has 0 spiro atoms. The van der Waals surface area contributed by atoms with Gasteiger partial charge in [0.15, 0.2) is 0 Å². The van der Waals surface area contributed by atoms with Crippen LogP contribution in [0.25, 0.3) is 0 Å². The monoisotopic (exact) mass is 255 g/mol. The van der Waals surface area contributed by atoms with Crippen molar-refractivity contribution >= 4 is 0 Å². The number of ether oxygens (including phenoxy) is 1. The van der Waals surface area contributed by atoms with Gasteiger partial charge in [-0.2, -0.15) is 4.98 Å². The summed E-state index contributed by atoms with van der Waals surface area (Å²) in [5.74, 6) is 1.16. The highest BCUT2D eigenvalue weighted by Gasteiger charge is 2.33. The van der Waals surface area contributed by atoms with E-state index in [2.05, 4.69) is 30.9 Å². The van der Waals surface area contributed by atoms with Crippen molar-refractivity contribution < 1.29 is 9.26 Å². The Bertz CT molecular complexity index is 380. The smallest absolute Gasteiger partial charge is 0.233 e. The summed E-state index contributed by atoms with van der Waals surface area (Å²) in [6, 6.07) is 0. The van der Waals surface area contributed by atoms with Gasteiger partial charge in [0.25, 0.3) is 0 Å². The van der Waals surface area contributed by atoms with Gasteiger partial charge < -0.3 is 15.0 Å². The summed E-state index contributed by atoms with van der Waals surface area (Å²) in [6.45, 7) is 13.3. The molecule has 1 aromatic heterocycles. The molecule has 1 heterocycles. The van der Waals surface area contributed by atoms with Crippen molar-refractivity contribution in [3.8, 4) is 0 Å². The average Bonchev–Trinajstić information content (AvgIpc) is 2.73. The summed E-state index contributed by atoms with van der Waals surface area (Å²) in [6.07, 6.45) is -0.173. The fraction of sp³-hybridized carbons (Fsp3) is 0.846. The molecule has 1 unspecified atom stereocenters. The Labute approximate surface area is 109 Å². The number of aromatic nitrogens is 2. The normalized spacial score (nSPS) is 14.8. The SMILES string of the molecule is CCOC(c1noc(C(C)(C)CN)n1)C(C)(C)C. The molecular weight excluding hydrogens is 230 g/mol. The Balaban J connectivity index is 3.02. The summed E-state index contributed by atoms with van der Waals surface area (Å²) in [5.41, 5.74) is 5.32. The van der Waals surface area contributed by atoms with Gasteiger partial charge in [-0.25, -0.2) is 0 Å². The molecule has 0 saturated heterocycles. The van der Waals surface area contributed by atoms with E-state index in [0.717, 1.165) is 0 Å². The van der Waals surface area contributed by atoms with Gasteiger partial charge in [0.05, 0.1) is 5.41 Å². The summed E-state index contributed by atoms with van der Waals surface area (Å²) in [7, 11) is 0. The van der Waals surface area contributed by atoms with Crippen molar-refractivity contribution in [2.24, 2.45) is 11.1 Å². The average molecular weight is 255 g/mol. The van der Waals surface area contributed by atoms with E-state index >= 15 is 0 Å². The van der Waals surface area contributed by atoms with Gasteiger partial charge in [-0.05, 0) is 26.2 Å². The van der Waals surface area contributed by atoms with Crippen molar-refractivity contribution in [2.75, 3.05) is 13.2 Å². The van der Waals surface area contributed by atoms with Crippen LogP contribution in [0, 0.1) is 5.41 Å². The predicted octanol–water partition coefficient (Wildman–Crippen LogP) is 2.43. The predicted molar refractivity (Wildman–Crippen MR) is 70.2 cm³/mol. The Hall–Kier alpha value is -0.940. The maximum atomic E-state index is 5.74. The molecule has 0 aliphatic rings. The number of hydrogen-bond donors (Lipinski definition) is 1. The lowest BCUT2D eigenvalue weighted by Gasteiger charge is -2.27. The van der Waals surface area contributed by atoms with Crippen LogP contribution in [0.15, 0.2) is 4.52 Å². The van der Waals surface area contributed by atoms with E-state index < -0.39 is 0 Å². The fourth-order valence-corrected chi connectivity index (χ4v) is 1.58. The van der Waals surface area contributed by atoms with E-state index in [9.17, 15) is 0 Å². The molecule has 18 heavy (non-hydrogen) atoms. The number of hydrogen-bond acceptors (Lipinski definition) is 5. The lowest BCUT2D eigenvalue weighted by molar-refractivity contribution is -0.0203. The van der Waals surface area contributed by atoms with E-state index in [1.165, 1.54) is 0 Å². The quantitative estimate of drug-likeness (QED) is 0.874. The first kappa shape index (κ1) is 15.1. The Morgan fingerprint density at radius 2 is 1.89 bits per heavy atom. The fourth-order valence-electron chi connectivity index (χ4n) is 1.58. The van der Waals surface area contributed by atoms with Gasteiger partial charge in [0.2, 0.25) is 11.7 Å². The molecule has 1 atom stereocenters. The van der Waals surface area contributed by atoms with E-state index in [0.29, 0.717) is 24.9 Å². The Morgan fingerprint density at radius 1 is 1.28 bits per heavy atom. The molecular formula is C13H25N3O2. The van der Waals surface area contributed by atoms with Crippen molar-refractivity contribution in [1.82, 2.24) is 10.1 Å². The van der Waals surface area contributed by atoms with Crippen LogP contribution in [-0.4, -0.2) is 23.3 Å². The summed E-state index contributed by atoms with van der Waals surface area (Å²) in [4.78, 5) is 4.46. The standard InChI is InChI=1S/C13H25N3O2/c1-7-17-9(12(2,3)4)10-15-11(18-16-10)13(5,6)8-14/h9H,7-8,14H2,1-6H3. The second kappa shape index (κ2) is 5.36. The highest BCUT2D eigenvalue weighted by atomic mass is 16.5. The summed E-state index contributed by atoms with van der Waals surface area (Å²) < 4.78 is 11.1. The second-order valence-corrected chi connectivity index (χ2v) is 6.25. The van der Waals surface area contributed by atoms with Crippen molar-refractivity contribution in [3.05, 3.63) is 11.7 Å². The second-order valence-electron chi connectivity index (χ2n) is 6.25. The highest BCUT2D eigenvalue weighted by Crippen LogP contribution is 2.35. The Morgan fingerprint density at radius 3 is 2.33 bits per heavy atom. The van der Waals surface area contributed by atoms with Gasteiger partial charge in [0.1, 0.15) is 6.10 Å². The molecule has 0 amide bonds. The molecule has 5 heteroatoms. The van der Waals surface area contributed by atoms with Gasteiger partial charge in [-0.1, -0.05) is 25.9 Å². The van der Waals surface area contributed by atoms with Crippen LogP contribution in [0.4, 0.5) is 0 Å². The first-order valence-electron chi connectivity index (χ1n) is 6.38. The van der Waals surface area contributed by atoms with Crippen molar-refractivity contribution in [2.45, 2.75) is 53.1 Å². The van der Waals surface area contributed by atoms with Crippen LogP contribution in [0.2, 0.25) is 0 Å². The van der Waals surface area contributed by atoms with Crippen LogP contribution in [-0.2, 0) is 10.2 Å². The molecule has 0 aromatic carbocycles. The lowest BCUT2D eigenvalue weighted by atomic mass is 9.88. The molecule has 0 aliphatic heterocycles. The third kappa shape index (κ3) is 3.29. The zero-order valence-electron chi connectivity index (χ0n) is 12.3. The number of rotatable bonds is 5. The van der Waals surface area contributed by atoms with Crippen LogP contribution >= 0.6 is 0 Å². The maximum Gasteiger partial charge on any atom is 0.233 e. The third-order valence-corrected chi connectivity index (χ3v) is 2.89. The first-order chi connectivity index (χ1) is 8.22. The number of nitrogens with zero attached hydrogens (tertiary/aromatic N) is 2. The molecule has 0 fully saturated rings. The molecule has 1 rings (SSSR count). The molecule has 1 aromatic rings. The van der Waals surface area contributed by atoms with Gasteiger partial charge in [0, 0.05) is 13.2 Å². The van der Waals surface area contributed by atoms with Crippen LogP contribution in [0.5, 0.6) is 0 Å². The Kier molecular flexibility index (Phi) is 4.50. The van der Waals surface area contributed by atoms with Crippen LogP contribution < -0.4 is 5.73 Å². The van der Waals surface area contributed by atoms with E-state index in [1.54, 1.807) is 0 Å². The molecule has 0 radical (unpaired) electrons. The van der Waals surface area contributed by atoms with Gasteiger partial charge in [-0.15, -0.1) is 0 Å².